The van der Waals surface area contributed by atoms with Crippen molar-refractivity contribution in [1.82, 2.24) is 0 Å². The average Bonchev–Trinajstić information content (AvgIpc) is 1.50. The Kier molecular flexibility index (Phi) is 24.2. The Balaban J connectivity index is 1.22. The van der Waals surface area contributed by atoms with E-state index in [1.807, 2.05) is 27.7 Å². The normalized spacial score (nSPS) is 15.4. The van der Waals surface area contributed by atoms with E-state index in [0.29, 0.717) is 70.2 Å². The van der Waals surface area contributed by atoms with E-state index in [9.17, 15) is 38.4 Å². The van der Waals surface area contributed by atoms with Crippen molar-refractivity contribution in [1.29, 1.82) is 0 Å². The van der Waals surface area contributed by atoms with E-state index in [1.165, 1.54) is 0 Å². The Labute approximate surface area is 686 Å². The van der Waals surface area contributed by atoms with E-state index >= 15 is 0 Å². The first kappa shape index (κ1) is 77.9. The van der Waals surface area contributed by atoms with E-state index in [-0.39, 0.29) is 180 Å². The Bertz CT molecular complexity index is 4180. The molecule has 4 aliphatic heterocycles. The van der Waals surface area contributed by atoms with Crippen molar-refractivity contribution in [2.24, 2.45) is 0 Å². The first-order chi connectivity index (χ1) is 52.1. The second kappa shape index (κ2) is 33.5. The summed E-state index contributed by atoms with van der Waals surface area (Å²) in [4.78, 5) is 108. The molecule has 0 aromatic heterocycles. The molecule has 8 bridgehead atoms. The molecule has 8 amide bonds. The first-order valence-corrected chi connectivity index (χ1v) is 42.8. The van der Waals surface area contributed by atoms with Crippen molar-refractivity contribution < 1.29 is 76.3 Å². The zero-order valence-corrected chi connectivity index (χ0v) is 70.3. The number of carbonyl (C=O) groups excluding carboxylic acids is 8. The Morgan fingerprint density at radius 2 is 0.333 bits per heavy atom. The third-order valence-corrected chi connectivity index (χ3v) is 22.5. The van der Waals surface area contributed by atoms with Crippen molar-refractivity contribution in [3.05, 3.63) is 142 Å². The number of amides is 8. The van der Waals surface area contributed by atoms with Gasteiger partial charge in [0.1, 0.15) is 46.0 Å². The summed E-state index contributed by atoms with van der Waals surface area (Å²) in [6, 6.07) is 27.8. The summed E-state index contributed by atoms with van der Waals surface area (Å²) in [5.74, 6) is -3.39. The van der Waals surface area contributed by atoms with Gasteiger partial charge in [-0.15, -0.1) is 0 Å². The Morgan fingerprint density at radius 3 is 0.435 bits per heavy atom. The first-order valence-electron chi connectivity index (χ1n) is 33.9. The van der Waals surface area contributed by atoms with Gasteiger partial charge in [0.15, 0.2) is 46.0 Å². The van der Waals surface area contributed by atoms with Gasteiger partial charge >= 0.3 is 0 Å². The van der Waals surface area contributed by atoms with Crippen molar-refractivity contribution in [2.45, 2.75) is 77.0 Å². The van der Waals surface area contributed by atoms with Gasteiger partial charge in [-0.2, -0.15) is 0 Å². The molecule has 8 N–H and O–H groups in total. The van der Waals surface area contributed by atoms with Crippen LogP contribution in [0.3, 0.4) is 0 Å². The number of ether oxygens (including phenoxy) is 8. The van der Waals surface area contributed by atoms with Crippen molar-refractivity contribution in [2.75, 3.05) is 85.2 Å². The summed E-state index contributed by atoms with van der Waals surface area (Å²) < 4.78 is 58.6. The number of anilines is 8. The molecule has 5 aliphatic rings. The zero-order valence-electron chi connectivity index (χ0n) is 57.6. The molecule has 32 heteroatoms. The minimum atomic E-state index is -0.629. The molecule has 0 saturated carbocycles. The van der Waals surface area contributed by atoms with Crippen LogP contribution in [0.15, 0.2) is 97.1 Å². The topological polar surface area (TPSA) is 307 Å². The number of alkyl halides is 8. The molecular formula is C76H64Br8N8O16. The van der Waals surface area contributed by atoms with Crippen LogP contribution in [0.1, 0.15) is 122 Å². The lowest BCUT2D eigenvalue weighted by atomic mass is 9.77. The van der Waals surface area contributed by atoms with Crippen molar-refractivity contribution in [3.63, 3.8) is 0 Å². The highest BCUT2D eigenvalue weighted by Crippen LogP contribution is 2.61. The summed E-state index contributed by atoms with van der Waals surface area (Å²) in [6.07, 6.45) is 1.60. The average molecular weight is 1980 g/mol. The van der Waals surface area contributed by atoms with Crippen molar-refractivity contribution in [3.8, 4) is 92.0 Å². The smallest absolute Gasteiger partial charge is 0.235 e. The number of hydrogen-bond donors (Lipinski definition) is 8. The van der Waals surface area contributed by atoms with Gasteiger partial charge in [0.2, 0.25) is 47.3 Å². The van der Waals surface area contributed by atoms with Crippen LogP contribution in [0.2, 0.25) is 0 Å². The molecule has 0 spiro atoms. The van der Waals surface area contributed by atoms with Crippen LogP contribution in [0.25, 0.3) is 0 Å². The van der Waals surface area contributed by atoms with E-state index in [1.54, 1.807) is 72.8 Å². The van der Waals surface area contributed by atoms with E-state index in [2.05, 4.69) is 194 Å². The van der Waals surface area contributed by atoms with Gasteiger partial charge in [0, 0.05) is 141 Å². The third-order valence-electron chi connectivity index (χ3n) is 18.5. The third kappa shape index (κ3) is 15.9. The van der Waals surface area contributed by atoms with E-state index in [4.69, 9.17) is 37.9 Å². The zero-order chi connectivity index (χ0) is 76.5. The van der Waals surface area contributed by atoms with Gasteiger partial charge < -0.3 is 80.4 Å². The van der Waals surface area contributed by atoms with E-state index in [0.717, 1.165) is 0 Å². The molecule has 108 heavy (non-hydrogen) atoms. The number of carbonyl (C=O) groups is 8. The Hall–Kier alpha value is -8.24. The molecule has 13 rings (SSSR count). The largest absolute Gasteiger partial charge is 0.453 e. The standard InChI is InChI=1S/C76H64Br8N8O16/c1-5-33-37-9-39-34(6-2)41-11-43-36(8-4)44-12-42-35(7-3)40-10-38(33)54-22-56(40)104-64-16-48(88-72(96)28-80)50(90-74(98)30-82)18-66(64)106-58(42)24-60(44)108-68-20-52(92-76(100)32-84)51(91-75(99)31-83)19-67(68)107-59(43)23-57(41)105-65-17-49(89-73(97)29-81)47(87-71(95)27-79)15-63(65)103-55(39)21-53(37)101-61-13-45(85-69(93)25-77)46(14-62(61)102-54)86-70(94)26-78/h9-24,33-36H,5-8,25-32H2,1-4H3,(H,85,93)(H,86,94)(H,87,95)(H,88,96)(H,89,97)(H,90,98)(H,91,99)(H,92,100). The van der Waals surface area contributed by atoms with Crippen LogP contribution in [0.5, 0.6) is 92.0 Å². The molecule has 0 saturated heterocycles. The number of benzene rings is 8. The minimum absolute atomic E-state index is 0.0744. The quantitative estimate of drug-likeness (QED) is 0.0329. The molecule has 560 valence electrons. The predicted octanol–water partition coefficient (Wildman–Crippen LogP) is 20.4. The highest BCUT2D eigenvalue weighted by atomic mass is 79.9. The summed E-state index contributed by atoms with van der Waals surface area (Å²) in [5.41, 5.74) is 6.43. The maximum atomic E-state index is 13.5. The van der Waals surface area contributed by atoms with Gasteiger partial charge in [0.25, 0.3) is 0 Å². The molecule has 8 aromatic rings. The summed E-state index contributed by atoms with van der Waals surface area (Å²) in [6.45, 7) is 8.17. The number of nitrogens with one attached hydrogen (secondary N) is 8. The van der Waals surface area contributed by atoms with Crippen LogP contribution >= 0.6 is 127 Å². The molecule has 24 nitrogen and oxygen atoms in total. The Morgan fingerprint density at radius 1 is 0.213 bits per heavy atom. The second-order valence-corrected chi connectivity index (χ2v) is 29.7. The molecular weight excluding hydrogens is 1920 g/mol. The van der Waals surface area contributed by atoms with Crippen LogP contribution in [-0.2, 0) is 38.4 Å². The van der Waals surface area contributed by atoms with Gasteiger partial charge in [0.05, 0.1) is 88.1 Å². The molecule has 0 atom stereocenters. The maximum Gasteiger partial charge on any atom is 0.235 e. The van der Waals surface area contributed by atoms with Crippen LogP contribution < -0.4 is 80.4 Å². The number of fused-ring (bicyclic) bond motifs is 4. The fourth-order valence-corrected chi connectivity index (χ4v) is 14.9. The molecule has 4 heterocycles. The summed E-state index contributed by atoms with van der Waals surface area (Å²) in [7, 11) is 0. The molecule has 1 aliphatic carbocycles. The van der Waals surface area contributed by atoms with Crippen LogP contribution in [0, 0.1) is 0 Å². The summed E-state index contributed by atoms with van der Waals surface area (Å²) >= 11 is 26.3. The second-order valence-electron chi connectivity index (χ2n) is 25.2. The highest BCUT2D eigenvalue weighted by molar-refractivity contribution is 9.10. The van der Waals surface area contributed by atoms with Crippen molar-refractivity contribution >= 4 is 220 Å². The number of halogens is 8. The van der Waals surface area contributed by atoms with Crippen LogP contribution in [0.4, 0.5) is 45.5 Å². The fourth-order valence-electron chi connectivity index (χ4n) is 13.8. The SMILES string of the molecule is CCC1c2cc3c4cc2Oc2cc(NC(=O)CBr)c(NC(=O)CBr)cc2Oc2cc5c(cc21)C(CC)c1cc2c(cc1Oc1cc(NC(=O)CBr)c(NC(=O)CBr)cc1O5)Oc1cc(NC(=O)CBr)c(NC(=O)CBr)cc1Oc1cc(c(cc1C2CC)C3CC)Oc1cc(NC(=O)CBr)c(NC(=O)CBr)cc1O4. The summed E-state index contributed by atoms with van der Waals surface area (Å²) in [5, 5.41) is 22.4. The fraction of sp³-hybridized carbons (Fsp3) is 0.263. The molecule has 0 fully saturated rings. The number of rotatable bonds is 20. The predicted molar refractivity (Wildman–Crippen MR) is 440 cm³/mol. The lowest BCUT2D eigenvalue weighted by molar-refractivity contribution is -0.114. The van der Waals surface area contributed by atoms with Gasteiger partial charge in [-0.1, -0.05) is 155 Å². The minimum Gasteiger partial charge on any atom is -0.453 e. The van der Waals surface area contributed by atoms with E-state index < -0.39 is 70.9 Å². The molecule has 0 unspecified atom stereocenters. The van der Waals surface area contributed by atoms with Crippen LogP contribution in [-0.4, -0.2) is 89.9 Å². The molecule has 8 aromatic carbocycles. The maximum absolute atomic E-state index is 13.5. The van der Waals surface area contributed by atoms with Gasteiger partial charge in [-0.25, -0.2) is 0 Å². The van der Waals surface area contributed by atoms with Gasteiger partial charge in [-0.05, 0) is 49.9 Å². The lowest BCUT2D eigenvalue weighted by Gasteiger charge is -2.29. The lowest BCUT2D eigenvalue weighted by Crippen LogP contribution is -2.18. The monoisotopic (exact) mass is 1980 g/mol. The number of hydrogen-bond acceptors (Lipinski definition) is 16. The molecule has 0 radical (unpaired) electrons. The van der Waals surface area contributed by atoms with Gasteiger partial charge in [-0.3, -0.25) is 38.4 Å². The highest BCUT2D eigenvalue weighted by Gasteiger charge is 2.39.